The summed E-state index contributed by atoms with van der Waals surface area (Å²) in [4.78, 5) is 23.4. The molecule has 0 aromatic heterocycles. The van der Waals surface area contributed by atoms with Crippen molar-refractivity contribution in [1.82, 2.24) is 5.32 Å². The van der Waals surface area contributed by atoms with Gasteiger partial charge in [-0.3, -0.25) is 10.1 Å². The van der Waals surface area contributed by atoms with Crippen LogP contribution in [0.4, 0.5) is 0 Å². The molecule has 1 aliphatic rings. The summed E-state index contributed by atoms with van der Waals surface area (Å²) in [7, 11) is 1.25. The first kappa shape index (κ1) is 19.6. The summed E-state index contributed by atoms with van der Waals surface area (Å²) in [6.07, 6.45) is 2.73. The molecular weight excluding hydrogens is 378 g/mol. The molecule has 3 rings (SSSR count). The topological polar surface area (TPSA) is 89.3 Å². The highest BCUT2D eigenvalue weighted by atomic mass is 32.2. The summed E-state index contributed by atoms with van der Waals surface area (Å²) in [5, 5.41) is 13.0. The van der Waals surface area contributed by atoms with Gasteiger partial charge in [0.1, 0.15) is 5.75 Å². The van der Waals surface area contributed by atoms with Gasteiger partial charge in [0, 0.05) is 11.6 Å². The van der Waals surface area contributed by atoms with Crippen LogP contribution in [0, 0.1) is 0 Å². The molecule has 0 unspecified atom stereocenters. The van der Waals surface area contributed by atoms with Crippen molar-refractivity contribution in [3.8, 4) is 5.75 Å². The van der Waals surface area contributed by atoms with E-state index in [1.165, 1.54) is 7.11 Å². The standard InChI is InChI=1S/C20H19N3O4S/c1-12(2)27-16-9-8-13-6-4-5-7-14(13)15(16)11-21-23-20-22-19(25)17(28-20)10-18(24)26-3/h4-12H,1-3H3,(H,22,23,25)/b17-10+,21-11?. The Morgan fingerprint density at radius 2 is 2.00 bits per heavy atom. The van der Waals surface area contributed by atoms with Crippen LogP contribution >= 0.6 is 11.8 Å². The van der Waals surface area contributed by atoms with Gasteiger partial charge in [-0.2, -0.15) is 5.10 Å². The van der Waals surface area contributed by atoms with Crippen LogP contribution in [0.1, 0.15) is 19.4 Å². The first-order valence-corrected chi connectivity index (χ1v) is 9.38. The van der Waals surface area contributed by atoms with Crippen molar-refractivity contribution in [2.75, 3.05) is 7.11 Å². The largest absolute Gasteiger partial charge is 0.490 e. The monoisotopic (exact) mass is 397 g/mol. The lowest BCUT2D eigenvalue weighted by Gasteiger charge is -2.14. The Hall–Kier alpha value is -3.13. The van der Waals surface area contributed by atoms with E-state index >= 15 is 0 Å². The lowest BCUT2D eigenvalue weighted by molar-refractivity contribution is -0.135. The second kappa shape index (κ2) is 8.71. The third-order valence-electron chi connectivity index (χ3n) is 3.73. The first-order chi connectivity index (χ1) is 13.5. The van der Waals surface area contributed by atoms with E-state index in [0.717, 1.165) is 34.2 Å². The lowest BCUT2D eigenvalue weighted by atomic mass is 10.0. The van der Waals surface area contributed by atoms with Crippen molar-refractivity contribution in [1.29, 1.82) is 0 Å². The van der Waals surface area contributed by atoms with Crippen molar-refractivity contribution < 1.29 is 19.1 Å². The fourth-order valence-electron chi connectivity index (χ4n) is 2.55. The van der Waals surface area contributed by atoms with E-state index < -0.39 is 11.9 Å². The van der Waals surface area contributed by atoms with E-state index in [1.807, 2.05) is 50.2 Å². The molecule has 2 aromatic rings. The fourth-order valence-corrected chi connectivity index (χ4v) is 3.28. The summed E-state index contributed by atoms with van der Waals surface area (Å²) < 4.78 is 10.4. The number of amidine groups is 1. The minimum atomic E-state index is -0.603. The minimum absolute atomic E-state index is 0.00955. The number of thioether (sulfide) groups is 1. The number of esters is 1. The maximum absolute atomic E-state index is 11.9. The van der Waals surface area contributed by atoms with Crippen molar-refractivity contribution in [2.24, 2.45) is 10.2 Å². The van der Waals surface area contributed by atoms with Crippen molar-refractivity contribution in [2.45, 2.75) is 20.0 Å². The number of amides is 1. The Kier molecular flexibility index (Phi) is 6.10. The molecule has 8 heteroatoms. The van der Waals surface area contributed by atoms with Crippen molar-refractivity contribution >= 4 is 45.8 Å². The zero-order valence-corrected chi connectivity index (χ0v) is 16.4. The molecule has 1 heterocycles. The number of rotatable bonds is 5. The number of carbonyl (C=O) groups is 2. The number of fused-ring (bicyclic) bond motifs is 1. The van der Waals surface area contributed by atoms with E-state index in [-0.39, 0.29) is 16.2 Å². The molecule has 2 aromatic carbocycles. The van der Waals surface area contributed by atoms with Gasteiger partial charge in [0.2, 0.25) is 0 Å². The fraction of sp³-hybridized carbons (Fsp3) is 0.200. The predicted octanol–water partition coefficient (Wildman–Crippen LogP) is 3.24. The average molecular weight is 397 g/mol. The molecule has 0 bridgehead atoms. The predicted molar refractivity (Wildman–Crippen MR) is 111 cm³/mol. The van der Waals surface area contributed by atoms with Crippen molar-refractivity contribution in [3.63, 3.8) is 0 Å². The number of hydrogen-bond acceptors (Lipinski definition) is 7. The molecule has 1 aliphatic heterocycles. The summed E-state index contributed by atoms with van der Waals surface area (Å²) in [6.45, 7) is 3.91. The molecule has 0 saturated carbocycles. The van der Waals surface area contributed by atoms with Gasteiger partial charge in [0.15, 0.2) is 5.17 Å². The maximum atomic E-state index is 11.9. The van der Waals surface area contributed by atoms with Gasteiger partial charge in [-0.15, -0.1) is 5.10 Å². The molecule has 1 saturated heterocycles. The summed E-state index contributed by atoms with van der Waals surface area (Å²) in [5.74, 6) is -0.320. The summed E-state index contributed by atoms with van der Waals surface area (Å²) in [6, 6.07) is 11.8. The lowest BCUT2D eigenvalue weighted by Crippen LogP contribution is -2.19. The number of nitrogens with zero attached hydrogens (tertiary/aromatic N) is 2. The van der Waals surface area contributed by atoms with Crippen LogP contribution in [-0.4, -0.2) is 36.5 Å². The Balaban J connectivity index is 1.89. The molecule has 7 nitrogen and oxygen atoms in total. The molecule has 1 N–H and O–H groups in total. The van der Waals surface area contributed by atoms with Gasteiger partial charge in [-0.1, -0.05) is 30.3 Å². The summed E-state index contributed by atoms with van der Waals surface area (Å²) >= 11 is 1.02. The van der Waals surface area contributed by atoms with Crippen LogP contribution in [-0.2, 0) is 14.3 Å². The Morgan fingerprint density at radius 3 is 2.75 bits per heavy atom. The molecule has 0 aliphatic carbocycles. The number of hydrogen-bond donors (Lipinski definition) is 1. The van der Waals surface area contributed by atoms with Crippen LogP contribution in [0.3, 0.4) is 0 Å². The third-order valence-corrected chi connectivity index (χ3v) is 4.63. The van der Waals surface area contributed by atoms with Crippen molar-refractivity contribution in [3.05, 3.63) is 52.9 Å². The highest BCUT2D eigenvalue weighted by Gasteiger charge is 2.25. The van der Waals surface area contributed by atoms with Crippen LogP contribution in [0.5, 0.6) is 5.75 Å². The molecule has 1 amide bonds. The number of methoxy groups -OCH3 is 1. The van der Waals surface area contributed by atoms with Gasteiger partial charge in [-0.25, -0.2) is 4.79 Å². The highest BCUT2D eigenvalue weighted by Crippen LogP contribution is 2.28. The number of benzene rings is 2. The molecule has 1 fully saturated rings. The second-order valence-electron chi connectivity index (χ2n) is 6.10. The number of carbonyl (C=O) groups excluding carboxylic acids is 2. The molecule has 0 radical (unpaired) electrons. The Bertz CT molecular complexity index is 1010. The molecular formula is C20H19N3O4S. The molecule has 28 heavy (non-hydrogen) atoms. The van der Waals surface area contributed by atoms with Gasteiger partial charge in [-0.05, 0) is 42.4 Å². The van der Waals surface area contributed by atoms with E-state index in [4.69, 9.17) is 4.74 Å². The number of nitrogens with one attached hydrogen (secondary N) is 1. The second-order valence-corrected chi connectivity index (χ2v) is 7.13. The van der Waals surface area contributed by atoms with E-state index in [1.54, 1.807) is 6.21 Å². The molecule has 0 spiro atoms. The van der Waals surface area contributed by atoms with Crippen LogP contribution in [0.15, 0.2) is 57.6 Å². The molecule has 144 valence electrons. The highest BCUT2D eigenvalue weighted by molar-refractivity contribution is 8.18. The first-order valence-electron chi connectivity index (χ1n) is 8.56. The van der Waals surface area contributed by atoms with Crippen LogP contribution < -0.4 is 10.1 Å². The minimum Gasteiger partial charge on any atom is -0.490 e. The zero-order chi connectivity index (χ0) is 20.1. The van der Waals surface area contributed by atoms with E-state index in [9.17, 15) is 9.59 Å². The Labute approximate surface area is 166 Å². The van der Waals surface area contributed by atoms with Crippen LogP contribution in [0.2, 0.25) is 0 Å². The normalized spacial score (nSPS) is 17.1. The quantitative estimate of drug-likeness (QED) is 0.362. The van der Waals surface area contributed by atoms with Gasteiger partial charge >= 0.3 is 5.97 Å². The SMILES string of the molecule is COC(=O)/C=C1/S/C(=N\N=Cc2c(OC(C)C)ccc3ccccc23)NC1=O. The third kappa shape index (κ3) is 4.58. The maximum Gasteiger partial charge on any atom is 0.331 e. The van der Waals surface area contributed by atoms with E-state index in [2.05, 4.69) is 20.3 Å². The zero-order valence-electron chi connectivity index (χ0n) is 15.6. The number of ether oxygens (including phenoxy) is 2. The van der Waals surface area contributed by atoms with Gasteiger partial charge in [0.25, 0.3) is 5.91 Å². The Morgan fingerprint density at radius 1 is 1.21 bits per heavy atom. The smallest absolute Gasteiger partial charge is 0.331 e. The van der Waals surface area contributed by atoms with Crippen LogP contribution in [0.25, 0.3) is 10.8 Å². The van der Waals surface area contributed by atoms with Gasteiger partial charge in [0.05, 0.1) is 24.3 Å². The average Bonchev–Trinajstić information content (AvgIpc) is 3.01. The van der Waals surface area contributed by atoms with Gasteiger partial charge < -0.3 is 9.47 Å². The summed E-state index contributed by atoms with van der Waals surface area (Å²) in [5.41, 5.74) is 0.802. The molecule has 0 atom stereocenters. The van der Waals surface area contributed by atoms with E-state index in [0.29, 0.717) is 5.75 Å².